The molecule has 0 spiro atoms. The van der Waals surface area contributed by atoms with Crippen LogP contribution in [-0.4, -0.2) is 29.0 Å². The van der Waals surface area contributed by atoms with Crippen LogP contribution in [0, 0.1) is 0 Å². The summed E-state index contributed by atoms with van der Waals surface area (Å²) in [5.41, 5.74) is 1.50. The SMILES string of the molecule is CC1CN(C(=O)OC(C)(C)C)c2ccc3c([S+](C)[O-])cccc3c21. The van der Waals surface area contributed by atoms with Crippen LogP contribution >= 0.6 is 0 Å². The van der Waals surface area contributed by atoms with Crippen molar-refractivity contribution in [1.29, 1.82) is 0 Å². The zero-order valence-corrected chi connectivity index (χ0v) is 15.6. The van der Waals surface area contributed by atoms with Gasteiger partial charge in [-0.15, -0.1) is 0 Å². The Balaban J connectivity index is 2.10. The highest BCUT2D eigenvalue weighted by atomic mass is 32.2. The number of hydrogen-bond acceptors (Lipinski definition) is 3. The molecule has 128 valence electrons. The minimum Gasteiger partial charge on any atom is -0.612 e. The summed E-state index contributed by atoms with van der Waals surface area (Å²) < 4.78 is 17.5. The summed E-state index contributed by atoms with van der Waals surface area (Å²) in [7, 11) is 0. The number of rotatable bonds is 1. The standard InChI is InChI=1S/C19H23NO3S/c1-12-11-20(18(21)23-19(2,3)4)15-10-9-13-14(17(12)15)7-6-8-16(13)24(5)22/h6-10,12H,11H2,1-5H3. The average molecular weight is 345 g/mol. The average Bonchev–Trinajstić information content (AvgIpc) is 2.82. The molecule has 3 rings (SSSR count). The van der Waals surface area contributed by atoms with E-state index in [0.29, 0.717) is 6.54 Å². The third kappa shape index (κ3) is 2.98. The van der Waals surface area contributed by atoms with E-state index in [4.69, 9.17) is 4.74 Å². The lowest BCUT2D eigenvalue weighted by molar-refractivity contribution is 0.0582. The lowest BCUT2D eigenvalue weighted by Crippen LogP contribution is -2.36. The van der Waals surface area contributed by atoms with Gasteiger partial charge in [0.2, 0.25) is 0 Å². The number of anilines is 1. The molecule has 1 aliphatic rings. The van der Waals surface area contributed by atoms with Crippen molar-refractivity contribution in [2.45, 2.75) is 44.1 Å². The molecule has 0 saturated heterocycles. The second-order valence-electron chi connectivity index (χ2n) is 7.30. The lowest BCUT2D eigenvalue weighted by Gasteiger charge is -2.25. The van der Waals surface area contributed by atoms with E-state index in [1.54, 1.807) is 11.2 Å². The maximum atomic E-state index is 12.5. The van der Waals surface area contributed by atoms with Crippen LogP contribution < -0.4 is 4.90 Å². The molecule has 2 aromatic rings. The number of hydrogen-bond donors (Lipinski definition) is 0. The van der Waals surface area contributed by atoms with E-state index in [2.05, 4.69) is 6.92 Å². The predicted octanol–water partition coefficient (Wildman–Crippen LogP) is 4.44. The third-order valence-electron chi connectivity index (χ3n) is 4.20. The molecule has 1 heterocycles. The van der Waals surface area contributed by atoms with Crippen LogP contribution in [0.15, 0.2) is 35.2 Å². The fourth-order valence-electron chi connectivity index (χ4n) is 3.30. The number of carbonyl (C=O) groups is 1. The van der Waals surface area contributed by atoms with E-state index < -0.39 is 16.8 Å². The van der Waals surface area contributed by atoms with E-state index in [1.165, 1.54) is 0 Å². The molecule has 2 aromatic carbocycles. The van der Waals surface area contributed by atoms with E-state index in [1.807, 2.05) is 51.1 Å². The molecule has 0 N–H and O–H groups in total. The molecule has 0 fully saturated rings. The number of benzene rings is 2. The Labute approximate surface area is 146 Å². The molecule has 0 aromatic heterocycles. The highest BCUT2D eigenvalue weighted by Gasteiger charge is 2.34. The number of carbonyl (C=O) groups excluding carboxylic acids is 1. The maximum absolute atomic E-state index is 12.5. The van der Waals surface area contributed by atoms with Crippen LogP contribution in [0.5, 0.6) is 0 Å². The second-order valence-corrected chi connectivity index (χ2v) is 8.64. The summed E-state index contributed by atoms with van der Waals surface area (Å²) in [6.45, 7) is 8.32. The van der Waals surface area contributed by atoms with Gasteiger partial charge >= 0.3 is 6.09 Å². The summed E-state index contributed by atoms with van der Waals surface area (Å²) in [6.07, 6.45) is 1.38. The number of nitrogens with zero attached hydrogens (tertiary/aromatic N) is 1. The van der Waals surface area contributed by atoms with Crippen molar-refractivity contribution >= 4 is 33.7 Å². The molecule has 4 nitrogen and oxygen atoms in total. The molecule has 1 aliphatic heterocycles. The van der Waals surface area contributed by atoms with Crippen LogP contribution in [0.3, 0.4) is 0 Å². The van der Waals surface area contributed by atoms with Gasteiger partial charge < -0.3 is 9.29 Å². The molecule has 0 radical (unpaired) electrons. The van der Waals surface area contributed by atoms with Crippen LogP contribution in [0.2, 0.25) is 0 Å². The summed E-state index contributed by atoms with van der Waals surface area (Å²) in [5, 5.41) is 2.06. The molecular weight excluding hydrogens is 322 g/mol. The molecule has 0 bridgehead atoms. The monoisotopic (exact) mass is 345 g/mol. The van der Waals surface area contributed by atoms with E-state index in [0.717, 1.165) is 26.9 Å². The van der Waals surface area contributed by atoms with Gasteiger partial charge in [-0.25, -0.2) is 4.79 Å². The van der Waals surface area contributed by atoms with Gasteiger partial charge in [0, 0.05) is 17.8 Å². The Morgan fingerprint density at radius 2 is 1.96 bits per heavy atom. The van der Waals surface area contributed by atoms with Gasteiger partial charge in [-0.2, -0.15) is 0 Å². The van der Waals surface area contributed by atoms with Gasteiger partial charge in [-0.05, 0) is 61.1 Å². The van der Waals surface area contributed by atoms with Crippen LogP contribution in [0.4, 0.5) is 10.5 Å². The molecular formula is C19H23NO3S. The summed E-state index contributed by atoms with van der Waals surface area (Å²) in [4.78, 5) is 15.1. The Morgan fingerprint density at radius 1 is 1.25 bits per heavy atom. The zero-order valence-electron chi connectivity index (χ0n) is 14.8. The van der Waals surface area contributed by atoms with Crippen molar-refractivity contribution in [3.63, 3.8) is 0 Å². The highest BCUT2D eigenvalue weighted by molar-refractivity contribution is 7.91. The first kappa shape index (κ1) is 17.1. The molecule has 1 amide bonds. The number of fused-ring (bicyclic) bond motifs is 3. The molecule has 0 saturated carbocycles. The molecule has 2 atom stereocenters. The van der Waals surface area contributed by atoms with Crippen LogP contribution in [-0.2, 0) is 15.9 Å². The highest BCUT2D eigenvalue weighted by Crippen LogP contribution is 2.42. The normalized spacial score (nSPS) is 18.6. The van der Waals surface area contributed by atoms with E-state index >= 15 is 0 Å². The van der Waals surface area contributed by atoms with Gasteiger partial charge in [0.1, 0.15) is 11.9 Å². The quantitative estimate of drug-likeness (QED) is 0.718. The summed E-state index contributed by atoms with van der Waals surface area (Å²) >= 11 is -1.05. The van der Waals surface area contributed by atoms with Crippen molar-refractivity contribution in [3.05, 3.63) is 35.9 Å². The van der Waals surface area contributed by atoms with Gasteiger partial charge in [0.05, 0.1) is 5.69 Å². The van der Waals surface area contributed by atoms with Gasteiger partial charge in [-0.1, -0.05) is 19.1 Å². The zero-order chi connectivity index (χ0) is 17.6. The Morgan fingerprint density at radius 3 is 2.58 bits per heavy atom. The van der Waals surface area contributed by atoms with Gasteiger partial charge in [-0.3, -0.25) is 4.90 Å². The maximum Gasteiger partial charge on any atom is 0.414 e. The smallest absolute Gasteiger partial charge is 0.414 e. The fourth-order valence-corrected chi connectivity index (χ4v) is 4.06. The fraction of sp³-hybridized carbons (Fsp3) is 0.421. The van der Waals surface area contributed by atoms with Crippen LogP contribution in [0.25, 0.3) is 10.8 Å². The van der Waals surface area contributed by atoms with E-state index in [9.17, 15) is 9.35 Å². The third-order valence-corrected chi connectivity index (χ3v) is 5.18. The van der Waals surface area contributed by atoms with Crippen LogP contribution in [0.1, 0.15) is 39.2 Å². The van der Waals surface area contributed by atoms with Gasteiger partial charge in [0.15, 0.2) is 4.90 Å². The van der Waals surface area contributed by atoms with Gasteiger partial charge in [0.25, 0.3) is 0 Å². The first-order valence-electron chi connectivity index (χ1n) is 8.08. The number of ether oxygens (including phenoxy) is 1. The first-order valence-corrected chi connectivity index (χ1v) is 9.64. The molecule has 24 heavy (non-hydrogen) atoms. The molecule has 5 heteroatoms. The Kier molecular flexibility index (Phi) is 4.26. The van der Waals surface area contributed by atoms with Crippen molar-refractivity contribution in [2.75, 3.05) is 17.7 Å². The van der Waals surface area contributed by atoms with Crippen molar-refractivity contribution in [3.8, 4) is 0 Å². The Bertz CT molecular complexity index is 795. The number of amides is 1. The minimum absolute atomic E-state index is 0.205. The predicted molar refractivity (Wildman–Crippen MR) is 98.3 cm³/mol. The summed E-state index contributed by atoms with van der Waals surface area (Å²) in [6, 6.07) is 9.78. The topological polar surface area (TPSA) is 52.6 Å². The van der Waals surface area contributed by atoms with Crippen molar-refractivity contribution < 1.29 is 14.1 Å². The Hall–Kier alpha value is -1.72. The van der Waals surface area contributed by atoms with Crippen molar-refractivity contribution in [2.24, 2.45) is 0 Å². The minimum atomic E-state index is -1.05. The summed E-state index contributed by atoms with van der Waals surface area (Å²) in [5.74, 6) is 0.205. The first-order chi connectivity index (χ1) is 11.2. The lowest BCUT2D eigenvalue weighted by atomic mass is 9.96. The molecule has 2 unspecified atom stereocenters. The van der Waals surface area contributed by atoms with E-state index in [-0.39, 0.29) is 12.0 Å². The largest absolute Gasteiger partial charge is 0.612 e. The molecule has 0 aliphatic carbocycles. The van der Waals surface area contributed by atoms with Crippen molar-refractivity contribution in [1.82, 2.24) is 0 Å². The second kappa shape index (κ2) is 5.97.